The number of allylic oxidation sites excluding steroid dienone is 2. The molecule has 0 saturated heterocycles. The summed E-state index contributed by atoms with van der Waals surface area (Å²) in [5.74, 6) is -0.350. The molecule has 0 aliphatic carbocycles. The van der Waals surface area contributed by atoms with Crippen molar-refractivity contribution in [3.05, 3.63) is 12.2 Å². The van der Waals surface area contributed by atoms with Crippen molar-refractivity contribution < 1.29 is 14.4 Å². The second kappa shape index (κ2) is 24.3. The van der Waals surface area contributed by atoms with Gasteiger partial charge in [-0.25, -0.2) is 0 Å². The fourth-order valence-corrected chi connectivity index (χ4v) is 3.63. The Morgan fingerprint density at radius 1 is 0.618 bits per heavy atom. The number of carbonyl (C=O) groups is 3. The molecule has 6 heteroatoms. The molecule has 0 rings (SSSR count). The lowest BCUT2D eigenvalue weighted by atomic mass is 10.1. The molecule has 0 heterocycles. The second-order valence-corrected chi connectivity index (χ2v) is 9.28. The van der Waals surface area contributed by atoms with Gasteiger partial charge in [0.1, 0.15) is 6.04 Å². The standard InChI is InChI=1S/C28H53N3O3/c1-4-7-10-11-12-13-14-15-16-17-18-19-20-27(33)31-25(28(34)30-24-9-6-3)21-22-26(32)29-23-8-5-2/h11-12,25H,4-10,13-24H2,1-3H3,(H,29,32)(H,30,34)(H,31,33)/b12-11+/t25-/m0/s1. The third-order valence-corrected chi connectivity index (χ3v) is 5.91. The Labute approximate surface area is 209 Å². The maximum atomic E-state index is 12.5. The highest BCUT2D eigenvalue weighted by molar-refractivity contribution is 5.88. The van der Waals surface area contributed by atoms with E-state index in [9.17, 15) is 14.4 Å². The number of rotatable bonds is 23. The van der Waals surface area contributed by atoms with Gasteiger partial charge < -0.3 is 16.0 Å². The summed E-state index contributed by atoms with van der Waals surface area (Å²) in [5, 5.41) is 8.63. The van der Waals surface area contributed by atoms with E-state index in [4.69, 9.17) is 0 Å². The Bertz CT molecular complexity index is 549. The minimum Gasteiger partial charge on any atom is -0.356 e. The topological polar surface area (TPSA) is 87.3 Å². The van der Waals surface area contributed by atoms with E-state index in [1.165, 1.54) is 44.9 Å². The molecule has 1 atom stereocenters. The third kappa shape index (κ3) is 20.7. The van der Waals surface area contributed by atoms with Crippen LogP contribution in [0, 0.1) is 0 Å². The van der Waals surface area contributed by atoms with Crippen molar-refractivity contribution in [2.45, 2.75) is 136 Å². The van der Waals surface area contributed by atoms with Gasteiger partial charge in [-0.05, 0) is 44.9 Å². The van der Waals surface area contributed by atoms with E-state index < -0.39 is 6.04 Å². The van der Waals surface area contributed by atoms with Gasteiger partial charge in [-0.2, -0.15) is 0 Å². The van der Waals surface area contributed by atoms with Crippen LogP contribution in [0.5, 0.6) is 0 Å². The van der Waals surface area contributed by atoms with E-state index in [1.807, 2.05) is 0 Å². The van der Waals surface area contributed by atoms with Crippen LogP contribution in [0.3, 0.4) is 0 Å². The quantitative estimate of drug-likeness (QED) is 0.125. The van der Waals surface area contributed by atoms with Crippen LogP contribution in [-0.4, -0.2) is 36.9 Å². The molecule has 0 aromatic carbocycles. The Kier molecular flexibility index (Phi) is 23.0. The highest BCUT2D eigenvalue weighted by atomic mass is 16.2. The fraction of sp³-hybridized carbons (Fsp3) is 0.821. The van der Waals surface area contributed by atoms with Crippen molar-refractivity contribution in [2.75, 3.05) is 13.1 Å². The van der Waals surface area contributed by atoms with Gasteiger partial charge in [0.25, 0.3) is 0 Å². The Morgan fingerprint density at radius 3 is 1.82 bits per heavy atom. The zero-order chi connectivity index (χ0) is 25.3. The molecule has 0 bridgehead atoms. The van der Waals surface area contributed by atoms with Crippen molar-refractivity contribution in [3.63, 3.8) is 0 Å². The van der Waals surface area contributed by atoms with Crippen molar-refractivity contribution >= 4 is 17.7 Å². The molecule has 3 amide bonds. The fourth-order valence-electron chi connectivity index (χ4n) is 3.63. The molecule has 34 heavy (non-hydrogen) atoms. The third-order valence-electron chi connectivity index (χ3n) is 5.91. The van der Waals surface area contributed by atoms with Crippen LogP contribution in [0.1, 0.15) is 130 Å². The highest BCUT2D eigenvalue weighted by Crippen LogP contribution is 2.10. The molecule has 0 radical (unpaired) electrons. The largest absolute Gasteiger partial charge is 0.356 e. The predicted octanol–water partition coefficient (Wildman–Crippen LogP) is 5.95. The van der Waals surface area contributed by atoms with E-state index in [1.54, 1.807) is 0 Å². The molecule has 0 aromatic heterocycles. The first-order valence-corrected chi connectivity index (χ1v) is 14.0. The van der Waals surface area contributed by atoms with Crippen molar-refractivity contribution in [1.29, 1.82) is 0 Å². The molecule has 0 aliphatic rings. The van der Waals surface area contributed by atoms with Crippen LogP contribution in [0.2, 0.25) is 0 Å². The summed E-state index contributed by atoms with van der Waals surface area (Å²) in [4.78, 5) is 37.0. The molecule has 6 nitrogen and oxygen atoms in total. The molecular weight excluding hydrogens is 426 g/mol. The number of hydrogen-bond acceptors (Lipinski definition) is 3. The van der Waals surface area contributed by atoms with Gasteiger partial charge in [0, 0.05) is 25.9 Å². The van der Waals surface area contributed by atoms with Crippen LogP contribution in [0.15, 0.2) is 12.2 Å². The Morgan fingerprint density at radius 2 is 1.18 bits per heavy atom. The van der Waals surface area contributed by atoms with Crippen molar-refractivity contribution in [1.82, 2.24) is 16.0 Å². The number of carbonyl (C=O) groups excluding carboxylic acids is 3. The lowest BCUT2D eigenvalue weighted by molar-refractivity contribution is -0.129. The zero-order valence-corrected chi connectivity index (χ0v) is 22.4. The Hall–Kier alpha value is -1.85. The average Bonchev–Trinajstić information content (AvgIpc) is 2.82. The molecular formula is C28H53N3O3. The van der Waals surface area contributed by atoms with Gasteiger partial charge in [-0.3, -0.25) is 14.4 Å². The number of unbranched alkanes of at least 4 members (excludes halogenated alkanes) is 10. The lowest BCUT2D eigenvalue weighted by Gasteiger charge is -2.18. The summed E-state index contributed by atoms with van der Waals surface area (Å²) in [5.41, 5.74) is 0. The van der Waals surface area contributed by atoms with Crippen molar-refractivity contribution in [3.8, 4) is 0 Å². The van der Waals surface area contributed by atoms with E-state index in [0.717, 1.165) is 44.9 Å². The van der Waals surface area contributed by atoms with Crippen LogP contribution < -0.4 is 16.0 Å². The first-order chi connectivity index (χ1) is 16.5. The molecule has 198 valence electrons. The minimum atomic E-state index is -0.647. The Balaban J connectivity index is 4.14. The highest BCUT2D eigenvalue weighted by Gasteiger charge is 2.21. The van der Waals surface area contributed by atoms with Crippen LogP contribution in [0.25, 0.3) is 0 Å². The SMILES string of the molecule is CCCC/C=C/CCCCCCCCC(=O)N[C@@H](CCC(=O)NCCCC)C(=O)NCCCC. The summed E-state index contributed by atoms with van der Waals surface area (Å²) >= 11 is 0. The summed E-state index contributed by atoms with van der Waals surface area (Å²) in [7, 11) is 0. The smallest absolute Gasteiger partial charge is 0.242 e. The van der Waals surface area contributed by atoms with Gasteiger partial charge in [0.2, 0.25) is 17.7 Å². The number of hydrogen-bond donors (Lipinski definition) is 3. The number of nitrogens with one attached hydrogen (secondary N) is 3. The average molecular weight is 480 g/mol. The molecule has 0 saturated carbocycles. The van der Waals surface area contributed by atoms with E-state index in [-0.39, 0.29) is 24.1 Å². The van der Waals surface area contributed by atoms with Crippen LogP contribution in [-0.2, 0) is 14.4 Å². The summed E-state index contributed by atoms with van der Waals surface area (Å²) in [6, 6.07) is -0.647. The van der Waals surface area contributed by atoms with Gasteiger partial charge in [-0.1, -0.05) is 84.3 Å². The molecule has 0 aliphatic heterocycles. The van der Waals surface area contributed by atoms with Gasteiger partial charge >= 0.3 is 0 Å². The molecule has 0 aromatic rings. The molecule has 0 spiro atoms. The maximum Gasteiger partial charge on any atom is 0.242 e. The lowest BCUT2D eigenvalue weighted by Crippen LogP contribution is -2.47. The normalized spacial score (nSPS) is 12.0. The maximum absolute atomic E-state index is 12.5. The first-order valence-electron chi connectivity index (χ1n) is 14.0. The van der Waals surface area contributed by atoms with E-state index >= 15 is 0 Å². The first kappa shape index (κ1) is 32.1. The molecule has 0 unspecified atom stereocenters. The molecule has 0 fully saturated rings. The minimum absolute atomic E-state index is 0.0643. The summed E-state index contributed by atoms with van der Waals surface area (Å²) in [6.45, 7) is 7.62. The van der Waals surface area contributed by atoms with Crippen LogP contribution >= 0.6 is 0 Å². The number of amides is 3. The van der Waals surface area contributed by atoms with E-state index in [2.05, 4.69) is 48.9 Å². The summed E-state index contributed by atoms with van der Waals surface area (Å²) in [6.07, 6.45) is 21.1. The van der Waals surface area contributed by atoms with Crippen LogP contribution in [0.4, 0.5) is 0 Å². The zero-order valence-electron chi connectivity index (χ0n) is 22.4. The van der Waals surface area contributed by atoms with Gasteiger partial charge in [0.05, 0.1) is 0 Å². The monoisotopic (exact) mass is 479 g/mol. The summed E-state index contributed by atoms with van der Waals surface area (Å²) < 4.78 is 0. The van der Waals surface area contributed by atoms with Gasteiger partial charge in [-0.15, -0.1) is 0 Å². The predicted molar refractivity (Wildman–Crippen MR) is 143 cm³/mol. The second-order valence-electron chi connectivity index (χ2n) is 9.28. The van der Waals surface area contributed by atoms with E-state index in [0.29, 0.717) is 25.9 Å². The van der Waals surface area contributed by atoms with Gasteiger partial charge in [0.15, 0.2) is 0 Å². The molecule has 3 N–H and O–H groups in total. The van der Waals surface area contributed by atoms with Crippen molar-refractivity contribution in [2.24, 2.45) is 0 Å².